The van der Waals surface area contributed by atoms with Crippen molar-refractivity contribution in [2.45, 2.75) is 57.5 Å². The number of nitrogens with one attached hydrogen (secondary N) is 2. The van der Waals surface area contributed by atoms with Crippen LogP contribution in [0.2, 0.25) is 0 Å². The Balaban J connectivity index is 0.00000256. The number of hydrogen-bond acceptors (Lipinski definition) is 4. The molecular weight excluding hydrogens is 491 g/mol. The maximum atomic E-state index is 10.4. The van der Waals surface area contributed by atoms with E-state index in [1.165, 1.54) is 36.9 Å². The summed E-state index contributed by atoms with van der Waals surface area (Å²) < 4.78 is 5.51. The van der Waals surface area contributed by atoms with E-state index >= 15 is 0 Å². The van der Waals surface area contributed by atoms with Crippen LogP contribution in [0.5, 0.6) is 5.75 Å². The van der Waals surface area contributed by atoms with Gasteiger partial charge in [0.1, 0.15) is 5.75 Å². The van der Waals surface area contributed by atoms with Crippen LogP contribution in [0.25, 0.3) is 0 Å². The molecule has 1 unspecified atom stereocenters. The summed E-state index contributed by atoms with van der Waals surface area (Å²) in [5.74, 6) is 1.96. The first-order valence-electron chi connectivity index (χ1n) is 11.3. The van der Waals surface area contributed by atoms with Crippen molar-refractivity contribution in [2.75, 3.05) is 39.9 Å². The summed E-state index contributed by atoms with van der Waals surface area (Å²) in [6.45, 7) is 5.94. The lowest BCUT2D eigenvalue weighted by Crippen LogP contribution is -2.49. The highest BCUT2D eigenvalue weighted by molar-refractivity contribution is 14.0. The van der Waals surface area contributed by atoms with E-state index < -0.39 is 0 Å². The van der Waals surface area contributed by atoms with Crippen molar-refractivity contribution in [3.63, 3.8) is 0 Å². The predicted octanol–water partition coefficient (Wildman–Crippen LogP) is 3.05. The zero-order chi connectivity index (χ0) is 20.1. The lowest BCUT2D eigenvalue weighted by atomic mass is 9.88. The Morgan fingerprint density at radius 1 is 1.20 bits per heavy atom. The number of nitrogens with zero attached hydrogens (tertiary/aromatic N) is 2. The number of guanidine groups is 1. The average molecular weight is 528 g/mol. The van der Waals surface area contributed by atoms with Crippen molar-refractivity contribution >= 4 is 29.9 Å². The van der Waals surface area contributed by atoms with Gasteiger partial charge in [0.25, 0.3) is 0 Å². The van der Waals surface area contributed by atoms with Crippen molar-refractivity contribution in [3.05, 3.63) is 28.8 Å². The van der Waals surface area contributed by atoms with Crippen LogP contribution in [0.3, 0.4) is 0 Å². The Morgan fingerprint density at radius 3 is 2.73 bits per heavy atom. The molecule has 0 radical (unpaired) electrons. The minimum Gasteiger partial charge on any atom is -0.508 e. The van der Waals surface area contributed by atoms with E-state index in [9.17, 15) is 5.11 Å². The van der Waals surface area contributed by atoms with Crippen LogP contribution in [-0.4, -0.2) is 61.9 Å². The highest BCUT2D eigenvalue weighted by Gasteiger charge is 2.24. The molecule has 0 amide bonds. The first-order valence-corrected chi connectivity index (χ1v) is 11.3. The number of phenols is 1. The molecule has 0 bridgehead atoms. The second-order valence-corrected chi connectivity index (χ2v) is 8.78. The van der Waals surface area contributed by atoms with Gasteiger partial charge in [0.15, 0.2) is 5.96 Å². The van der Waals surface area contributed by atoms with Gasteiger partial charge in [-0.2, -0.15) is 0 Å². The SMILES string of the molecule is CN=C(NCc1c(O)ccc2c1CCCC2)NC1CCN(CC2CCOC2)CC1.I. The minimum atomic E-state index is 0. The van der Waals surface area contributed by atoms with Gasteiger partial charge in [-0.15, -0.1) is 24.0 Å². The number of fused-ring (bicyclic) bond motifs is 1. The fourth-order valence-electron chi connectivity index (χ4n) is 5.00. The number of rotatable bonds is 5. The van der Waals surface area contributed by atoms with Crippen molar-refractivity contribution in [2.24, 2.45) is 10.9 Å². The van der Waals surface area contributed by atoms with Crippen LogP contribution in [0, 0.1) is 5.92 Å². The number of phenolic OH excluding ortho intramolecular Hbond substituents is 1. The molecule has 2 fully saturated rings. The summed E-state index contributed by atoms with van der Waals surface area (Å²) in [5.41, 5.74) is 3.77. The summed E-state index contributed by atoms with van der Waals surface area (Å²) in [7, 11) is 1.82. The van der Waals surface area contributed by atoms with E-state index in [4.69, 9.17) is 4.74 Å². The molecule has 1 aromatic rings. The van der Waals surface area contributed by atoms with Crippen molar-refractivity contribution in [3.8, 4) is 5.75 Å². The minimum absolute atomic E-state index is 0. The number of ether oxygens (including phenoxy) is 1. The van der Waals surface area contributed by atoms with Gasteiger partial charge in [0.05, 0.1) is 6.61 Å². The molecule has 3 N–H and O–H groups in total. The number of aromatic hydroxyl groups is 1. The quantitative estimate of drug-likeness (QED) is 0.312. The van der Waals surface area contributed by atoms with E-state index in [0.717, 1.165) is 69.4 Å². The molecular formula is C23H37IN4O2. The fraction of sp³-hybridized carbons (Fsp3) is 0.696. The molecule has 0 aromatic heterocycles. The van der Waals surface area contributed by atoms with Gasteiger partial charge >= 0.3 is 0 Å². The lowest BCUT2D eigenvalue weighted by molar-refractivity contribution is 0.150. The van der Waals surface area contributed by atoms with Crippen LogP contribution in [0.1, 0.15) is 48.8 Å². The molecule has 2 heterocycles. The Kier molecular flexibility index (Phi) is 9.07. The summed E-state index contributed by atoms with van der Waals surface area (Å²) >= 11 is 0. The Hall–Kier alpha value is -1.06. The zero-order valence-electron chi connectivity index (χ0n) is 18.2. The second kappa shape index (κ2) is 11.5. The van der Waals surface area contributed by atoms with Crippen molar-refractivity contribution in [1.29, 1.82) is 0 Å². The normalized spacial score (nSPS) is 23.0. The Labute approximate surface area is 197 Å². The second-order valence-electron chi connectivity index (χ2n) is 8.78. The van der Waals surface area contributed by atoms with Crippen LogP contribution in [0.15, 0.2) is 17.1 Å². The van der Waals surface area contributed by atoms with Gasteiger partial charge in [-0.3, -0.25) is 4.99 Å². The molecule has 1 aliphatic carbocycles. The number of halogens is 1. The third kappa shape index (κ3) is 6.01. The number of piperidine rings is 1. The maximum absolute atomic E-state index is 10.4. The largest absolute Gasteiger partial charge is 0.508 e. The van der Waals surface area contributed by atoms with Gasteiger partial charge < -0.3 is 25.4 Å². The van der Waals surface area contributed by atoms with Crippen LogP contribution >= 0.6 is 24.0 Å². The van der Waals surface area contributed by atoms with Gasteiger partial charge in [0, 0.05) is 51.4 Å². The van der Waals surface area contributed by atoms with E-state index in [1.807, 2.05) is 13.1 Å². The number of benzene rings is 1. The predicted molar refractivity (Wildman–Crippen MR) is 132 cm³/mol. The van der Waals surface area contributed by atoms with Gasteiger partial charge in [-0.25, -0.2) is 0 Å². The van der Waals surface area contributed by atoms with E-state index in [0.29, 0.717) is 18.3 Å². The van der Waals surface area contributed by atoms with Crippen LogP contribution in [0.4, 0.5) is 0 Å². The number of hydrogen-bond donors (Lipinski definition) is 3. The molecule has 6 nitrogen and oxygen atoms in total. The molecule has 0 spiro atoms. The number of aliphatic imine (C=N–C) groups is 1. The molecule has 30 heavy (non-hydrogen) atoms. The van der Waals surface area contributed by atoms with Gasteiger partial charge in [-0.05, 0) is 68.1 Å². The molecule has 1 aromatic carbocycles. The van der Waals surface area contributed by atoms with Gasteiger partial charge in [0.2, 0.25) is 0 Å². The average Bonchev–Trinajstić information content (AvgIpc) is 3.26. The van der Waals surface area contributed by atoms with Crippen molar-refractivity contribution in [1.82, 2.24) is 15.5 Å². The van der Waals surface area contributed by atoms with Crippen LogP contribution < -0.4 is 10.6 Å². The summed E-state index contributed by atoms with van der Waals surface area (Å²) in [5, 5.41) is 17.4. The zero-order valence-corrected chi connectivity index (χ0v) is 20.5. The molecule has 3 aliphatic rings. The van der Waals surface area contributed by atoms with Crippen molar-refractivity contribution < 1.29 is 9.84 Å². The van der Waals surface area contributed by atoms with Gasteiger partial charge in [-0.1, -0.05) is 6.07 Å². The Morgan fingerprint density at radius 2 is 2.00 bits per heavy atom. The van der Waals surface area contributed by atoms with E-state index in [1.54, 1.807) is 0 Å². The standard InChI is InChI=1S/C23H36N4O2.HI/c1-24-23(25-14-21-20-5-3-2-4-18(20)6-7-22(21)28)26-19-8-11-27(12-9-19)15-17-10-13-29-16-17;/h6-7,17,19,28H,2-5,8-16H2,1H3,(H2,24,25,26);1H. The smallest absolute Gasteiger partial charge is 0.191 e. The highest BCUT2D eigenvalue weighted by Crippen LogP contribution is 2.30. The molecule has 1 atom stereocenters. The molecule has 2 aliphatic heterocycles. The highest BCUT2D eigenvalue weighted by atomic mass is 127. The van der Waals surface area contributed by atoms with E-state index in [-0.39, 0.29) is 24.0 Å². The number of aryl methyl sites for hydroxylation is 1. The van der Waals surface area contributed by atoms with Crippen LogP contribution in [-0.2, 0) is 24.1 Å². The number of likely N-dealkylation sites (tertiary alicyclic amines) is 1. The molecule has 2 saturated heterocycles. The fourth-order valence-corrected chi connectivity index (χ4v) is 5.00. The lowest BCUT2D eigenvalue weighted by Gasteiger charge is -2.34. The molecule has 0 saturated carbocycles. The molecule has 7 heteroatoms. The Bertz CT molecular complexity index is 713. The third-order valence-corrected chi connectivity index (χ3v) is 6.75. The summed E-state index contributed by atoms with van der Waals surface area (Å²) in [4.78, 5) is 7.01. The van der Waals surface area contributed by atoms with E-state index in [2.05, 4.69) is 26.6 Å². The molecule has 168 valence electrons. The molecule has 4 rings (SSSR count). The monoisotopic (exact) mass is 528 g/mol. The first-order chi connectivity index (χ1) is 14.2. The summed E-state index contributed by atoms with van der Waals surface area (Å²) in [6.07, 6.45) is 8.14. The maximum Gasteiger partial charge on any atom is 0.191 e. The summed E-state index contributed by atoms with van der Waals surface area (Å²) in [6, 6.07) is 4.39. The first kappa shape index (κ1) is 23.6. The topological polar surface area (TPSA) is 69.1 Å². The third-order valence-electron chi connectivity index (χ3n) is 6.75.